The van der Waals surface area contributed by atoms with Crippen molar-refractivity contribution >= 4 is 31.9 Å². The molecule has 1 saturated heterocycles. The van der Waals surface area contributed by atoms with Crippen LogP contribution in [0.25, 0.3) is 0 Å². The quantitative estimate of drug-likeness (QED) is 0.716. The highest BCUT2D eigenvalue weighted by Crippen LogP contribution is 2.29. The van der Waals surface area contributed by atoms with Crippen LogP contribution in [0, 0.1) is 11.8 Å². The van der Waals surface area contributed by atoms with Gasteiger partial charge in [-0.1, -0.05) is 48.7 Å². The normalized spacial score (nSPS) is 27.5. The summed E-state index contributed by atoms with van der Waals surface area (Å²) in [4.78, 5) is 14.8. The highest BCUT2D eigenvalue weighted by molar-refractivity contribution is 9.10. The van der Waals surface area contributed by atoms with Crippen molar-refractivity contribution in [3.8, 4) is 0 Å². The number of halogens is 1. The van der Waals surface area contributed by atoms with E-state index in [1.807, 2.05) is 11.0 Å². The fraction of sp³-hybridized carbons (Fsp3) is 0.650. The van der Waals surface area contributed by atoms with E-state index in [-0.39, 0.29) is 11.9 Å². The van der Waals surface area contributed by atoms with Crippen molar-refractivity contribution in [3.63, 3.8) is 0 Å². The van der Waals surface area contributed by atoms with Crippen LogP contribution in [0.15, 0.2) is 33.6 Å². The predicted octanol–water partition coefficient (Wildman–Crippen LogP) is 2.70. The zero-order valence-corrected chi connectivity index (χ0v) is 19.0. The number of carbonyl (C=O) groups excluding carboxylic acids is 1. The minimum atomic E-state index is -3.50. The Kier molecular flexibility index (Phi) is 7.17. The second-order valence-corrected chi connectivity index (χ2v) is 10.9. The highest BCUT2D eigenvalue weighted by atomic mass is 79.9. The second kappa shape index (κ2) is 9.24. The molecule has 1 heterocycles. The molecule has 8 heteroatoms. The van der Waals surface area contributed by atoms with Crippen molar-refractivity contribution in [1.82, 2.24) is 14.5 Å². The van der Waals surface area contributed by atoms with Crippen LogP contribution < -0.4 is 5.32 Å². The van der Waals surface area contributed by atoms with Crippen molar-refractivity contribution in [2.24, 2.45) is 11.8 Å². The van der Waals surface area contributed by atoms with Gasteiger partial charge in [-0.05, 0) is 36.5 Å². The maximum atomic E-state index is 12.8. The van der Waals surface area contributed by atoms with Crippen LogP contribution >= 0.6 is 15.9 Å². The number of nitrogens with one attached hydrogen (secondary N) is 1. The van der Waals surface area contributed by atoms with E-state index in [0.717, 1.165) is 10.9 Å². The minimum Gasteiger partial charge on any atom is -0.352 e. The summed E-state index contributed by atoms with van der Waals surface area (Å²) in [6.45, 7) is 6.75. The highest BCUT2D eigenvalue weighted by Gasteiger charge is 2.31. The first-order valence-electron chi connectivity index (χ1n) is 10.0. The van der Waals surface area contributed by atoms with Crippen molar-refractivity contribution < 1.29 is 13.2 Å². The molecule has 2 aliphatic rings. The summed E-state index contributed by atoms with van der Waals surface area (Å²) in [5.41, 5.74) is 0. The SMILES string of the molecule is C[C@H]1[C@@H](NC(=O)CN2CCN(S(=O)(=O)c3cccc(Br)c3)CC2)CCC[C@@H]1C. The Hall–Kier alpha value is -0.960. The summed E-state index contributed by atoms with van der Waals surface area (Å²) < 4.78 is 27.9. The van der Waals surface area contributed by atoms with E-state index in [0.29, 0.717) is 49.5 Å². The number of carbonyl (C=O) groups is 1. The van der Waals surface area contributed by atoms with E-state index in [1.165, 1.54) is 17.1 Å². The Labute approximate surface area is 176 Å². The molecule has 0 radical (unpaired) electrons. The van der Waals surface area contributed by atoms with Gasteiger partial charge in [-0.2, -0.15) is 4.31 Å². The van der Waals surface area contributed by atoms with Crippen molar-refractivity contribution in [2.75, 3.05) is 32.7 Å². The molecular formula is C20H30BrN3O3S. The Morgan fingerprint density at radius 2 is 1.89 bits per heavy atom. The Morgan fingerprint density at radius 3 is 2.57 bits per heavy atom. The van der Waals surface area contributed by atoms with Crippen molar-refractivity contribution in [2.45, 2.75) is 44.0 Å². The minimum absolute atomic E-state index is 0.0502. The summed E-state index contributed by atoms with van der Waals surface area (Å²) in [6.07, 6.45) is 3.46. The van der Waals surface area contributed by atoms with Gasteiger partial charge in [0.15, 0.2) is 0 Å². The van der Waals surface area contributed by atoms with E-state index in [9.17, 15) is 13.2 Å². The van der Waals surface area contributed by atoms with Crippen LogP contribution in [0.4, 0.5) is 0 Å². The van der Waals surface area contributed by atoms with Gasteiger partial charge in [-0.15, -0.1) is 0 Å². The van der Waals surface area contributed by atoms with Gasteiger partial charge in [-0.3, -0.25) is 9.69 Å². The first kappa shape index (κ1) is 21.7. The molecule has 3 atom stereocenters. The first-order valence-corrected chi connectivity index (χ1v) is 12.3. The Bertz CT molecular complexity index is 794. The molecular weight excluding hydrogens is 442 g/mol. The lowest BCUT2D eigenvalue weighted by atomic mass is 9.78. The molecule has 0 aromatic heterocycles. The lowest BCUT2D eigenvalue weighted by molar-refractivity contribution is -0.124. The lowest BCUT2D eigenvalue weighted by Gasteiger charge is -2.36. The fourth-order valence-corrected chi connectivity index (χ4v) is 6.17. The van der Waals surface area contributed by atoms with Crippen LogP contribution in [0.2, 0.25) is 0 Å². The zero-order valence-electron chi connectivity index (χ0n) is 16.6. The number of hydrogen-bond donors (Lipinski definition) is 1. The van der Waals surface area contributed by atoms with E-state index < -0.39 is 10.0 Å². The smallest absolute Gasteiger partial charge is 0.243 e. The van der Waals surface area contributed by atoms with E-state index in [2.05, 4.69) is 35.1 Å². The average Bonchev–Trinajstić information content (AvgIpc) is 2.66. The van der Waals surface area contributed by atoms with Crippen LogP contribution in [-0.4, -0.2) is 62.3 Å². The summed E-state index contributed by atoms with van der Waals surface area (Å²) in [7, 11) is -3.50. The molecule has 1 N–H and O–H groups in total. The second-order valence-electron chi connectivity index (χ2n) is 8.08. The molecule has 1 aromatic rings. The molecule has 3 rings (SSSR count). The molecule has 1 aromatic carbocycles. The number of hydrogen-bond acceptors (Lipinski definition) is 4. The van der Waals surface area contributed by atoms with Crippen LogP contribution in [0.1, 0.15) is 33.1 Å². The predicted molar refractivity (Wildman–Crippen MR) is 113 cm³/mol. The third kappa shape index (κ3) is 5.14. The molecule has 0 bridgehead atoms. The van der Waals surface area contributed by atoms with Gasteiger partial charge in [0.2, 0.25) is 15.9 Å². The van der Waals surface area contributed by atoms with Gasteiger partial charge < -0.3 is 5.32 Å². The number of rotatable bonds is 5. The zero-order chi connectivity index (χ0) is 20.3. The summed E-state index contributed by atoms with van der Waals surface area (Å²) in [5, 5.41) is 3.20. The number of nitrogens with zero attached hydrogens (tertiary/aromatic N) is 2. The molecule has 1 aliphatic heterocycles. The average molecular weight is 472 g/mol. The molecule has 6 nitrogen and oxygen atoms in total. The van der Waals surface area contributed by atoms with Crippen LogP contribution in [0.5, 0.6) is 0 Å². The Morgan fingerprint density at radius 1 is 1.18 bits per heavy atom. The largest absolute Gasteiger partial charge is 0.352 e. The molecule has 1 amide bonds. The van der Waals surface area contributed by atoms with Crippen molar-refractivity contribution in [1.29, 1.82) is 0 Å². The lowest BCUT2D eigenvalue weighted by Crippen LogP contribution is -2.52. The van der Waals surface area contributed by atoms with Gasteiger partial charge in [0, 0.05) is 36.7 Å². The van der Waals surface area contributed by atoms with E-state index in [4.69, 9.17) is 0 Å². The maximum Gasteiger partial charge on any atom is 0.243 e. The van der Waals surface area contributed by atoms with E-state index in [1.54, 1.807) is 18.2 Å². The van der Waals surface area contributed by atoms with Gasteiger partial charge in [0.05, 0.1) is 11.4 Å². The van der Waals surface area contributed by atoms with Crippen LogP contribution in [-0.2, 0) is 14.8 Å². The van der Waals surface area contributed by atoms with Gasteiger partial charge in [0.25, 0.3) is 0 Å². The molecule has 156 valence electrons. The van der Waals surface area contributed by atoms with Gasteiger partial charge in [-0.25, -0.2) is 8.42 Å². The molecule has 0 spiro atoms. The van der Waals surface area contributed by atoms with Crippen molar-refractivity contribution in [3.05, 3.63) is 28.7 Å². The summed E-state index contributed by atoms with van der Waals surface area (Å²) in [5.74, 6) is 1.20. The number of piperazine rings is 1. The first-order chi connectivity index (χ1) is 13.3. The number of sulfonamides is 1. The standard InChI is InChI=1S/C20H30BrN3O3S/c1-15-5-3-8-19(16(15)2)22-20(25)14-23-9-11-24(12-10-23)28(26,27)18-7-4-6-17(21)13-18/h4,6-7,13,15-16,19H,3,5,8-12,14H2,1-2H3,(H,22,25)/t15-,16+,19-/m0/s1. The summed E-state index contributed by atoms with van der Waals surface area (Å²) >= 11 is 3.33. The molecule has 1 aliphatic carbocycles. The third-order valence-electron chi connectivity index (χ3n) is 6.19. The van der Waals surface area contributed by atoms with Crippen LogP contribution in [0.3, 0.4) is 0 Å². The monoisotopic (exact) mass is 471 g/mol. The molecule has 1 saturated carbocycles. The molecule has 0 unspecified atom stereocenters. The maximum absolute atomic E-state index is 12.8. The number of amides is 1. The topological polar surface area (TPSA) is 69.7 Å². The summed E-state index contributed by atoms with van der Waals surface area (Å²) in [6, 6.07) is 7.04. The van der Waals surface area contributed by atoms with Gasteiger partial charge >= 0.3 is 0 Å². The number of benzene rings is 1. The third-order valence-corrected chi connectivity index (χ3v) is 8.57. The van der Waals surface area contributed by atoms with Gasteiger partial charge in [0.1, 0.15) is 0 Å². The van der Waals surface area contributed by atoms with E-state index >= 15 is 0 Å². The molecule has 28 heavy (non-hydrogen) atoms. The Balaban J connectivity index is 1.50. The molecule has 2 fully saturated rings. The fourth-order valence-electron chi connectivity index (χ4n) is 4.15.